The standard InChI is InChI=1S/C14H18FNO3/c1-14(19-2)7-4-8-16(9-14)11-6-3-5-10(15)12(11)13(17)18/h3,5-6H,4,7-9H2,1-2H3,(H,17,18). The Labute approximate surface area is 111 Å². The molecule has 104 valence electrons. The fourth-order valence-corrected chi connectivity index (χ4v) is 2.57. The van der Waals surface area contributed by atoms with Crippen LogP contribution in [0.5, 0.6) is 0 Å². The summed E-state index contributed by atoms with van der Waals surface area (Å²) in [4.78, 5) is 13.1. The minimum Gasteiger partial charge on any atom is -0.478 e. The van der Waals surface area contributed by atoms with Crippen LogP contribution in [-0.2, 0) is 4.74 Å². The Bertz CT molecular complexity index is 492. The van der Waals surface area contributed by atoms with Crippen molar-refractivity contribution in [1.82, 2.24) is 0 Å². The van der Waals surface area contributed by atoms with Crippen LogP contribution in [0.15, 0.2) is 18.2 Å². The first kappa shape index (κ1) is 13.8. The van der Waals surface area contributed by atoms with Crippen LogP contribution in [0.4, 0.5) is 10.1 Å². The van der Waals surface area contributed by atoms with E-state index < -0.39 is 11.8 Å². The molecule has 0 bridgehead atoms. The molecule has 0 spiro atoms. The quantitative estimate of drug-likeness (QED) is 0.914. The Morgan fingerprint density at radius 3 is 2.89 bits per heavy atom. The van der Waals surface area contributed by atoms with Crippen molar-refractivity contribution in [2.45, 2.75) is 25.4 Å². The maximum Gasteiger partial charge on any atom is 0.340 e. The maximum absolute atomic E-state index is 13.7. The van der Waals surface area contributed by atoms with Crippen molar-refractivity contribution in [2.75, 3.05) is 25.1 Å². The highest BCUT2D eigenvalue weighted by Gasteiger charge is 2.32. The number of carboxylic acid groups (broad SMARTS) is 1. The summed E-state index contributed by atoms with van der Waals surface area (Å²) < 4.78 is 19.2. The van der Waals surface area contributed by atoms with E-state index in [0.717, 1.165) is 12.8 Å². The van der Waals surface area contributed by atoms with Crippen LogP contribution >= 0.6 is 0 Å². The number of carboxylic acids is 1. The molecule has 0 saturated carbocycles. The van der Waals surface area contributed by atoms with Crippen molar-refractivity contribution in [2.24, 2.45) is 0 Å². The van der Waals surface area contributed by atoms with E-state index >= 15 is 0 Å². The lowest BCUT2D eigenvalue weighted by atomic mass is 9.93. The van der Waals surface area contributed by atoms with Crippen LogP contribution in [0.3, 0.4) is 0 Å². The van der Waals surface area contributed by atoms with E-state index in [1.807, 2.05) is 11.8 Å². The molecular weight excluding hydrogens is 249 g/mol. The Hall–Kier alpha value is -1.62. The molecule has 1 aliphatic heterocycles. The predicted octanol–water partition coefficient (Wildman–Crippen LogP) is 2.53. The minimum absolute atomic E-state index is 0.261. The third-order valence-corrected chi connectivity index (χ3v) is 3.70. The molecule has 1 N–H and O–H groups in total. The van der Waals surface area contributed by atoms with Gasteiger partial charge in [0.1, 0.15) is 11.4 Å². The molecule has 1 aromatic carbocycles. The van der Waals surface area contributed by atoms with Crippen LogP contribution in [0.25, 0.3) is 0 Å². The Morgan fingerprint density at radius 2 is 2.26 bits per heavy atom. The second kappa shape index (κ2) is 5.17. The number of rotatable bonds is 3. The molecule has 0 radical (unpaired) electrons. The SMILES string of the molecule is COC1(C)CCCN(c2cccc(F)c2C(=O)O)C1. The van der Waals surface area contributed by atoms with E-state index in [1.54, 1.807) is 13.2 Å². The van der Waals surface area contributed by atoms with E-state index in [0.29, 0.717) is 18.8 Å². The molecule has 0 aromatic heterocycles. The number of hydrogen-bond acceptors (Lipinski definition) is 3. The zero-order chi connectivity index (χ0) is 14.0. The fourth-order valence-electron chi connectivity index (χ4n) is 2.57. The lowest BCUT2D eigenvalue weighted by Crippen LogP contribution is -2.47. The van der Waals surface area contributed by atoms with Crippen LogP contribution in [0, 0.1) is 5.82 Å². The van der Waals surface area contributed by atoms with Gasteiger partial charge < -0.3 is 14.7 Å². The van der Waals surface area contributed by atoms with Crippen LogP contribution in [-0.4, -0.2) is 36.9 Å². The van der Waals surface area contributed by atoms with Gasteiger partial charge in [-0.3, -0.25) is 0 Å². The number of benzene rings is 1. The fraction of sp³-hybridized carbons (Fsp3) is 0.500. The largest absolute Gasteiger partial charge is 0.478 e. The summed E-state index contributed by atoms with van der Waals surface area (Å²) in [6.45, 7) is 3.26. The smallest absolute Gasteiger partial charge is 0.340 e. The second-order valence-electron chi connectivity index (χ2n) is 5.12. The summed E-state index contributed by atoms with van der Waals surface area (Å²) in [5, 5.41) is 9.17. The molecule has 2 rings (SSSR count). The summed E-state index contributed by atoms with van der Waals surface area (Å²) in [5.74, 6) is -1.94. The number of halogens is 1. The van der Waals surface area contributed by atoms with Gasteiger partial charge in [-0.1, -0.05) is 6.07 Å². The molecule has 1 aliphatic rings. The van der Waals surface area contributed by atoms with Gasteiger partial charge >= 0.3 is 5.97 Å². The van der Waals surface area contributed by atoms with E-state index in [9.17, 15) is 9.18 Å². The molecular formula is C14H18FNO3. The molecule has 0 amide bonds. The number of aromatic carboxylic acids is 1. The molecule has 1 fully saturated rings. The average molecular weight is 267 g/mol. The van der Waals surface area contributed by atoms with Gasteiger partial charge in [-0.25, -0.2) is 9.18 Å². The van der Waals surface area contributed by atoms with Crippen molar-refractivity contribution in [3.8, 4) is 0 Å². The number of anilines is 1. The summed E-state index contributed by atoms with van der Waals surface area (Å²) >= 11 is 0. The van der Waals surface area contributed by atoms with Gasteiger partial charge in [-0.15, -0.1) is 0 Å². The topological polar surface area (TPSA) is 49.8 Å². The normalized spacial score (nSPS) is 23.4. The monoisotopic (exact) mass is 267 g/mol. The lowest BCUT2D eigenvalue weighted by Gasteiger charge is -2.41. The Kier molecular flexibility index (Phi) is 3.75. The number of ether oxygens (including phenoxy) is 1. The maximum atomic E-state index is 13.7. The third-order valence-electron chi connectivity index (χ3n) is 3.70. The number of piperidine rings is 1. The summed E-state index contributed by atoms with van der Waals surface area (Å²) in [6.07, 6.45) is 1.80. The van der Waals surface area contributed by atoms with E-state index in [1.165, 1.54) is 12.1 Å². The predicted molar refractivity (Wildman–Crippen MR) is 70.2 cm³/mol. The van der Waals surface area contributed by atoms with E-state index in [4.69, 9.17) is 9.84 Å². The van der Waals surface area contributed by atoms with Gasteiger partial charge in [0.15, 0.2) is 0 Å². The first-order valence-corrected chi connectivity index (χ1v) is 6.29. The molecule has 1 aromatic rings. The molecule has 1 saturated heterocycles. The first-order chi connectivity index (χ1) is 8.97. The second-order valence-corrected chi connectivity index (χ2v) is 5.12. The van der Waals surface area contributed by atoms with Crippen LogP contribution in [0.2, 0.25) is 0 Å². The van der Waals surface area contributed by atoms with Crippen LogP contribution in [0.1, 0.15) is 30.1 Å². The number of methoxy groups -OCH3 is 1. The van der Waals surface area contributed by atoms with E-state index in [-0.39, 0.29) is 11.2 Å². The minimum atomic E-state index is -1.24. The van der Waals surface area contributed by atoms with E-state index in [2.05, 4.69) is 0 Å². The summed E-state index contributed by atoms with van der Waals surface area (Å²) in [5.41, 5.74) is -0.154. The average Bonchev–Trinajstić information content (AvgIpc) is 2.38. The molecule has 5 heteroatoms. The Morgan fingerprint density at radius 1 is 1.53 bits per heavy atom. The van der Waals surface area contributed by atoms with Crippen molar-refractivity contribution < 1.29 is 19.0 Å². The van der Waals surface area contributed by atoms with Gasteiger partial charge in [-0.05, 0) is 31.9 Å². The summed E-state index contributed by atoms with van der Waals surface area (Å²) in [7, 11) is 1.65. The lowest BCUT2D eigenvalue weighted by molar-refractivity contribution is -0.00474. The number of carbonyl (C=O) groups is 1. The zero-order valence-corrected chi connectivity index (χ0v) is 11.1. The molecule has 1 unspecified atom stereocenters. The van der Waals surface area contributed by atoms with Gasteiger partial charge in [-0.2, -0.15) is 0 Å². The van der Waals surface area contributed by atoms with Crippen molar-refractivity contribution in [3.63, 3.8) is 0 Å². The van der Waals surface area contributed by atoms with Crippen molar-refractivity contribution >= 4 is 11.7 Å². The molecule has 0 aliphatic carbocycles. The van der Waals surface area contributed by atoms with Crippen molar-refractivity contribution in [3.05, 3.63) is 29.6 Å². The number of hydrogen-bond donors (Lipinski definition) is 1. The first-order valence-electron chi connectivity index (χ1n) is 6.29. The summed E-state index contributed by atoms with van der Waals surface area (Å²) in [6, 6.07) is 4.36. The number of nitrogens with zero attached hydrogens (tertiary/aromatic N) is 1. The molecule has 1 heterocycles. The Balaban J connectivity index is 2.37. The zero-order valence-electron chi connectivity index (χ0n) is 11.1. The van der Waals surface area contributed by atoms with Gasteiger partial charge in [0.2, 0.25) is 0 Å². The highest BCUT2D eigenvalue weighted by atomic mass is 19.1. The highest BCUT2D eigenvalue weighted by Crippen LogP contribution is 2.31. The van der Waals surface area contributed by atoms with Gasteiger partial charge in [0, 0.05) is 20.2 Å². The molecule has 4 nitrogen and oxygen atoms in total. The van der Waals surface area contributed by atoms with Crippen LogP contribution < -0.4 is 4.90 Å². The molecule has 19 heavy (non-hydrogen) atoms. The highest BCUT2D eigenvalue weighted by molar-refractivity contribution is 5.94. The van der Waals surface area contributed by atoms with Gasteiger partial charge in [0.25, 0.3) is 0 Å². The van der Waals surface area contributed by atoms with Gasteiger partial charge in [0.05, 0.1) is 11.3 Å². The molecule has 1 atom stereocenters. The van der Waals surface area contributed by atoms with Crippen molar-refractivity contribution in [1.29, 1.82) is 0 Å². The third kappa shape index (κ3) is 2.71.